The van der Waals surface area contributed by atoms with Gasteiger partial charge >= 0.3 is 5.97 Å². The Bertz CT molecular complexity index is 1440. The van der Waals surface area contributed by atoms with Crippen LogP contribution in [0.4, 0.5) is 4.39 Å². The van der Waals surface area contributed by atoms with Crippen LogP contribution in [0.2, 0.25) is 0 Å². The molecular weight excluding hydrogens is 463 g/mol. The lowest BCUT2D eigenvalue weighted by atomic mass is 9.89. The predicted octanol–water partition coefficient (Wildman–Crippen LogP) is 5.75. The minimum atomic E-state index is -0.870. The summed E-state index contributed by atoms with van der Waals surface area (Å²) in [5.74, 6) is 0.356. The molecule has 0 unspecified atom stereocenters. The number of fused-ring (bicyclic) bond motifs is 2. The highest BCUT2D eigenvalue weighted by Crippen LogP contribution is 2.52. The summed E-state index contributed by atoms with van der Waals surface area (Å²) < 4.78 is 32.3. The van der Waals surface area contributed by atoms with E-state index >= 15 is 0 Å². The maximum absolute atomic E-state index is 14.7. The van der Waals surface area contributed by atoms with Gasteiger partial charge in [-0.3, -0.25) is 9.59 Å². The van der Waals surface area contributed by atoms with Crippen molar-refractivity contribution in [2.45, 2.75) is 51.2 Å². The molecule has 0 bridgehead atoms. The number of Topliss-reactive ketones (excluding diaryl/α,β-unsaturated/α-hetero) is 1. The van der Waals surface area contributed by atoms with Crippen LogP contribution in [0.5, 0.6) is 17.2 Å². The molecule has 1 atom stereocenters. The third kappa shape index (κ3) is 3.61. The van der Waals surface area contributed by atoms with Crippen LogP contribution in [0.1, 0.15) is 57.8 Å². The molecular formula is C29H25FO6. The molecule has 184 valence electrons. The van der Waals surface area contributed by atoms with E-state index in [1.165, 1.54) is 6.07 Å². The number of aryl methyl sites for hydroxylation is 1. The number of carboxylic acid groups (broad SMARTS) is 1. The van der Waals surface area contributed by atoms with E-state index < -0.39 is 11.6 Å². The Morgan fingerprint density at radius 1 is 1.11 bits per heavy atom. The first-order valence-electron chi connectivity index (χ1n) is 12.0. The molecule has 7 heteroatoms. The quantitative estimate of drug-likeness (QED) is 0.476. The molecule has 3 aromatic carbocycles. The number of hydrogen-bond acceptors (Lipinski definition) is 5. The summed E-state index contributed by atoms with van der Waals surface area (Å²) in [6.45, 7) is 4.21. The molecule has 0 saturated heterocycles. The molecule has 1 aliphatic carbocycles. The lowest BCUT2D eigenvalue weighted by Crippen LogP contribution is -2.22. The highest BCUT2D eigenvalue weighted by Gasteiger charge is 2.58. The van der Waals surface area contributed by atoms with Crippen LogP contribution < -0.4 is 14.2 Å². The van der Waals surface area contributed by atoms with E-state index in [-0.39, 0.29) is 30.5 Å². The first-order valence-corrected chi connectivity index (χ1v) is 12.0. The summed E-state index contributed by atoms with van der Waals surface area (Å²) in [4.78, 5) is 24.0. The second-order valence-corrected chi connectivity index (χ2v) is 9.89. The van der Waals surface area contributed by atoms with Crippen LogP contribution in [-0.4, -0.2) is 29.1 Å². The minimum absolute atomic E-state index is 0.00516. The molecule has 2 aliphatic heterocycles. The number of rotatable bonds is 6. The van der Waals surface area contributed by atoms with Crippen LogP contribution >= 0.6 is 0 Å². The number of carbonyl (C=O) groups excluding carboxylic acids is 1. The monoisotopic (exact) mass is 488 g/mol. The fourth-order valence-corrected chi connectivity index (χ4v) is 5.41. The highest BCUT2D eigenvalue weighted by molar-refractivity contribution is 6.11. The van der Waals surface area contributed by atoms with Crippen LogP contribution in [-0.2, 0) is 11.4 Å². The lowest BCUT2D eigenvalue weighted by Gasteiger charge is -2.15. The van der Waals surface area contributed by atoms with Crippen LogP contribution in [0.25, 0.3) is 11.1 Å². The molecule has 3 aromatic rings. The molecule has 6 rings (SSSR count). The number of ether oxygens (including phenoxy) is 3. The van der Waals surface area contributed by atoms with Gasteiger partial charge in [-0.2, -0.15) is 0 Å². The van der Waals surface area contributed by atoms with Crippen LogP contribution in [0.3, 0.4) is 0 Å². The summed E-state index contributed by atoms with van der Waals surface area (Å²) in [6, 6.07) is 12.1. The van der Waals surface area contributed by atoms with Crippen LogP contribution in [0, 0.1) is 19.7 Å². The Hall–Kier alpha value is -3.87. The average Bonchev–Trinajstić information content (AvgIpc) is 3.43. The normalized spacial score (nSPS) is 18.4. The number of ketones is 1. The number of carboxylic acids is 1. The van der Waals surface area contributed by atoms with E-state index in [2.05, 4.69) is 0 Å². The summed E-state index contributed by atoms with van der Waals surface area (Å²) in [7, 11) is 0. The maximum atomic E-state index is 14.7. The number of halogens is 1. The number of benzene rings is 3. The molecule has 1 N–H and O–H groups in total. The molecule has 0 amide bonds. The largest absolute Gasteiger partial charge is 0.492 e. The van der Waals surface area contributed by atoms with Gasteiger partial charge in [0.15, 0.2) is 5.60 Å². The molecule has 0 aromatic heterocycles. The molecule has 2 heterocycles. The van der Waals surface area contributed by atoms with E-state index in [0.29, 0.717) is 35.0 Å². The molecule has 1 fully saturated rings. The third-order valence-electron chi connectivity index (χ3n) is 7.40. The fourth-order valence-electron chi connectivity index (χ4n) is 5.41. The van der Waals surface area contributed by atoms with E-state index in [1.54, 1.807) is 30.3 Å². The van der Waals surface area contributed by atoms with Crippen molar-refractivity contribution < 1.29 is 33.3 Å². The molecule has 0 radical (unpaired) electrons. The Kier molecular flexibility index (Phi) is 5.07. The standard InChI is InChI=1S/C29H25FO6/c1-15-9-24-27(28(33)29(36-24)7-8-29)16(2)26(15)17-3-6-22(30)19(10-17)14-34-20-4-5-21-18(11-25(31)32)13-35-23(21)12-20/h3-6,9-10,12,18H,7-8,11,13-14H2,1-2H3,(H,31,32)/t18-/m1/s1. The van der Waals surface area contributed by atoms with E-state index in [9.17, 15) is 14.0 Å². The van der Waals surface area contributed by atoms with Crippen molar-refractivity contribution in [3.63, 3.8) is 0 Å². The molecule has 3 aliphatic rings. The lowest BCUT2D eigenvalue weighted by molar-refractivity contribution is -0.137. The smallest absolute Gasteiger partial charge is 0.304 e. The number of carbonyl (C=O) groups is 2. The van der Waals surface area contributed by atoms with Gasteiger partial charge in [0.05, 0.1) is 18.6 Å². The van der Waals surface area contributed by atoms with Gasteiger partial charge in [-0.05, 0) is 73.2 Å². The van der Waals surface area contributed by atoms with Crippen molar-refractivity contribution in [3.05, 3.63) is 76.1 Å². The maximum Gasteiger partial charge on any atom is 0.304 e. The summed E-state index contributed by atoms with van der Waals surface area (Å²) >= 11 is 0. The van der Waals surface area contributed by atoms with E-state index in [4.69, 9.17) is 19.3 Å². The van der Waals surface area contributed by atoms with Gasteiger partial charge in [0.1, 0.15) is 29.7 Å². The predicted molar refractivity (Wildman–Crippen MR) is 129 cm³/mol. The van der Waals surface area contributed by atoms with Crippen molar-refractivity contribution in [2.24, 2.45) is 0 Å². The zero-order valence-electron chi connectivity index (χ0n) is 20.0. The minimum Gasteiger partial charge on any atom is -0.492 e. The molecule has 1 saturated carbocycles. The second-order valence-electron chi connectivity index (χ2n) is 9.89. The van der Waals surface area contributed by atoms with Crippen LogP contribution in [0.15, 0.2) is 42.5 Å². The zero-order chi connectivity index (χ0) is 25.2. The molecule has 1 spiro atoms. The Labute approximate surface area is 207 Å². The van der Waals surface area contributed by atoms with Gasteiger partial charge in [-0.25, -0.2) is 4.39 Å². The van der Waals surface area contributed by atoms with Gasteiger partial charge in [-0.15, -0.1) is 0 Å². The van der Waals surface area contributed by atoms with Gasteiger partial charge in [0.2, 0.25) is 5.78 Å². The Morgan fingerprint density at radius 2 is 1.92 bits per heavy atom. The molecule has 36 heavy (non-hydrogen) atoms. The Balaban J connectivity index is 1.25. The topological polar surface area (TPSA) is 82.1 Å². The first kappa shape index (κ1) is 22.6. The SMILES string of the molecule is Cc1cc2c(c(C)c1-c1ccc(F)c(COc3ccc4c(c3)OC[C@H]4CC(=O)O)c1)C(=O)C1(CC1)O2. The second kappa shape index (κ2) is 8.08. The zero-order valence-corrected chi connectivity index (χ0v) is 20.0. The van der Waals surface area contributed by atoms with Crippen molar-refractivity contribution >= 4 is 11.8 Å². The summed E-state index contributed by atoms with van der Waals surface area (Å²) in [6.07, 6.45) is 1.51. The van der Waals surface area contributed by atoms with Gasteiger partial charge in [-0.1, -0.05) is 12.1 Å². The highest BCUT2D eigenvalue weighted by atomic mass is 19.1. The average molecular weight is 489 g/mol. The number of hydrogen-bond donors (Lipinski definition) is 1. The third-order valence-corrected chi connectivity index (χ3v) is 7.40. The molecule has 6 nitrogen and oxygen atoms in total. The van der Waals surface area contributed by atoms with Crippen molar-refractivity contribution in [2.75, 3.05) is 6.61 Å². The fraction of sp³-hybridized carbons (Fsp3) is 0.310. The van der Waals surface area contributed by atoms with E-state index in [1.807, 2.05) is 19.9 Å². The van der Waals surface area contributed by atoms with Crippen molar-refractivity contribution in [1.82, 2.24) is 0 Å². The van der Waals surface area contributed by atoms with Gasteiger partial charge in [0, 0.05) is 23.1 Å². The Morgan fingerprint density at radius 3 is 2.67 bits per heavy atom. The summed E-state index contributed by atoms with van der Waals surface area (Å²) in [5.41, 5.74) is 4.73. The number of aliphatic carboxylic acids is 1. The van der Waals surface area contributed by atoms with Gasteiger partial charge in [0.25, 0.3) is 0 Å². The van der Waals surface area contributed by atoms with Crippen molar-refractivity contribution in [3.8, 4) is 28.4 Å². The first-order chi connectivity index (χ1) is 17.3. The van der Waals surface area contributed by atoms with E-state index in [0.717, 1.165) is 40.7 Å². The van der Waals surface area contributed by atoms with Crippen molar-refractivity contribution in [1.29, 1.82) is 0 Å². The summed E-state index contributed by atoms with van der Waals surface area (Å²) in [5, 5.41) is 9.08. The van der Waals surface area contributed by atoms with Gasteiger partial charge < -0.3 is 19.3 Å².